The molecule has 0 saturated heterocycles. The fourth-order valence-electron chi connectivity index (χ4n) is 1.84. The number of nitrogens with one attached hydrogen (secondary N) is 1. The molecule has 0 fully saturated rings. The second-order valence-electron chi connectivity index (χ2n) is 4.50. The van der Waals surface area contributed by atoms with Gasteiger partial charge >= 0.3 is 0 Å². The summed E-state index contributed by atoms with van der Waals surface area (Å²) in [5, 5.41) is 4.00. The summed E-state index contributed by atoms with van der Waals surface area (Å²) >= 11 is 7.27. The van der Waals surface area contributed by atoms with Gasteiger partial charge in [-0.1, -0.05) is 18.5 Å². The van der Waals surface area contributed by atoms with Crippen molar-refractivity contribution in [3.8, 4) is 0 Å². The fraction of sp³-hybridized carbons (Fsp3) is 0.417. The number of aromatic nitrogens is 2. The molecule has 2 aromatic rings. The Hall–Kier alpha value is -1.09. The van der Waals surface area contributed by atoms with E-state index >= 15 is 0 Å². The van der Waals surface area contributed by atoms with Crippen LogP contribution in [0.3, 0.4) is 0 Å². The summed E-state index contributed by atoms with van der Waals surface area (Å²) in [7, 11) is -3.64. The molecule has 0 aliphatic carbocycles. The number of nitrogens with two attached hydrogens (primary N) is 1. The number of nitrogen functional groups attached to an aromatic ring is 1. The maximum Gasteiger partial charge on any atom is 0.245 e. The van der Waals surface area contributed by atoms with Crippen molar-refractivity contribution in [2.24, 2.45) is 0 Å². The minimum atomic E-state index is -3.64. The molecule has 0 saturated carbocycles. The van der Waals surface area contributed by atoms with Gasteiger partial charge in [-0.05, 0) is 25.0 Å². The first kappa shape index (κ1) is 16.3. The molecule has 2 rings (SSSR count). The summed E-state index contributed by atoms with van der Waals surface area (Å²) < 4.78 is 29.2. The van der Waals surface area contributed by atoms with E-state index in [2.05, 4.69) is 9.82 Å². The lowest BCUT2D eigenvalue weighted by Gasteiger charge is -2.04. The zero-order valence-electron chi connectivity index (χ0n) is 11.5. The first-order chi connectivity index (χ1) is 9.92. The van der Waals surface area contributed by atoms with E-state index in [4.69, 9.17) is 17.3 Å². The summed E-state index contributed by atoms with van der Waals surface area (Å²) in [4.78, 5) is 1.05. The summed E-state index contributed by atoms with van der Waals surface area (Å²) in [6.45, 7) is 2.90. The fourth-order valence-corrected chi connectivity index (χ4v) is 4.03. The summed E-state index contributed by atoms with van der Waals surface area (Å²) in [6.07, 6.45) is 2.90. The number of hydrogen-bond donors (Lipinski definition) is 2. The van der Waals surface area contributed by atoms with Gasteiger partial charge in [0.15, 0.2) is 5.82 Å². The van der Waals surface area contributed by atoms with Gasteiger partial charge in [0.1, 0.15) is 4.90 Å². The lowest BCUT2D eigenvalue weighted by Crippen LogP contribution is -2.26. The van der Waals surface area contributed by atoms with Crippen LogP contribution in [0.5, 0.6) is 0 Å². The van der Waals surface area contributed by atoms with Crippen LogP contribution in [0.1, 0.15) is 18.2 Å². The molecule has 3 N–H and O–H groups in total. The number of hydrogen-bond acceptors (Lipinski definition) is 5. The van der Waals surface area contributed by atoms with Gasteiger partial charge in [0.25, 0.3) is 0 Å². The Bertz CT molecular complexity index is 709. The van der Waals surface area contributed by atoms with Gasteiger partial charge in [0.2, 0.25) is 10.0 Å². The molecule has 0 amide bonds. The normalized spacial score (nSPS) is 11.9. The molecule has 0 aliphatic heterocycles. The molecular formula is C12H17ClN4O2S2. The largest absolute Gasteiger partial charge is 0.381 e. The smallest absolute Gasteiger partial charge is 0.245 e. The zero-order chi connectivity index (χ0) is 15.5. The number of anilines is 1. The van der Waals surface area contributed by atoms with Crippen LogP contribution < -0.4 is 10.5 Å². The number of nitrogens with zero attached hydrogens (tertiary/aromatic N) is 2. The van der Waals surface area contributed by atoms with E-state index in [9.17, 15) is 8.42 Å². The van der Waals surface area contributed by atoms with Crippen LogP contribution in [0.2, 0.25) is 4.34 Å². The van der Waals surface area contributed by atoms with Gasteiger partial charge in [-0.2, -0.15) is 5.10 Å². The highest BCUT2D eigenvalue weighted by molar-refractivity contribution is 7.89. The molecule has 2 aromatic heterocycles. The van der Waals surface area contributed by atoms with Crippen LogP contribution >= 0.6 is 22.9 Å². The minimum absolute atomic E-state index is 0.0233. The number of thiophene rings is 1. The second-order valence-corrected chi connectivity index (χ2v) is 8.03. The molecular weight excluding hydrogens is 332 g/mol. The van der Waals surface area contributed by atoms with Gasteiger partial charge in [-0.15, -0.1) is 11.3 Å². The Morgan fingerprint density at radius 3 is 2.86 bits per heavy atom. The Labute approximate surface area is 133 Å². The average molecular weight is 349 g/mol. The maximum atomic E-state index is 12.2. The summed E-state index contributed by atoms with van der Waals surface area (Å²) in [5.74, 6) is 0.0233. The van der Waals surface area contributed by atoms with Crippen molar-refractivity contribution in [3.05, 3.63) is 27.5 Å². The highest BCUT2D eigenvalue weighted by Gasteiger charge is 2.20. The number of aryl methyl sites for hydroxylation is 1. The van der Waals surface area contributed by atoms with Gasteiger partial charge < -0.3 is 5.73 Å². The highest BCUT2D eigenvalue weighted by atomic mass is 35.5. The first-order valence-corrected chi connectivity index (χ1v) is 9.17. The third-order valence-electron chi connectivity index (χ3n) is 2.79. The van der Waals surface area contributed by atoms with Gasteiger partial charge in [0, 0.05) is 24.2 Å². The van der Waals surface area contributed by atoms with E-state index in [0.29, 0.717) is 17.3 Å². The first-order valence-electron chi connectivity index (χ1n) is 6.49. The lowest BCUT2D eigenvalue weighted by molar-refractivity contribution is 0.579. The Morgan fingerprint density at radius 2 is 2.24 bits per heavy atom. The SMILES string of the molecule is CCCn1cc(S(=O)(=O)NCCc2ccc(Cl)s2)c(N)n1. The molecule has 0 aromatic carbocycles. The topological polar surface area (TPSA) is 90.0 Å². The zero-order valence-corrected chi connectivity index (χ0v) is 13.9. The maximum absolute atomic E-state index is 12.2. The molecule has 0 bridgehead atoms. The van der Waals surface area contributed by atoms with E-state index in [1.54, 1.807) is 10.7 Å². The number of rotatable bonds is 7. The van der Waals surface area contributed by atoms with Crippen molar-refractivity contribution < 1.29 is 8.42 Å². The Morgan fingerprint density at radius 1 is 1.48 bits per heavy atom. The number of halogens is 1. The number of sulfonamides is 1. The average Bonchev–Trinajstić information content (AvgIpc) is 2.96. The Kier molecular flexibility index (Phi) is 5.26. The quantitative estimate of drug-likeness (QED) is 0.801. The van der Waals surface area contributed by atoms with E-state index in [1.807, 2.05) is 13.0 Å². The van der Waals surface area contributed by atoms with E-state index < -0.39 is 10.0 Å². The van der Waals surface area contributed by atoms with Crippen molar-refractivity contribution in [1.82, 2.24) is 14.5 Å². The van der Waals surface area contributed by atoms with Gasteiger partial charge in [0.05, 0.1) is 4.34 Å². The summed E-state index contributed by atoms with van der Waals surface area (Å²) in [5.41, 5.74) is 5.68. The third kappa shape index (κ3) is 4.19. The minimum Gasteiger partial charge on any atom is -0.381 e. The molecule has 0 spiro atoms. The standard InChI is InChI=1S/C12H17ClN4O2S2/c1-2-7-17-8-10(12(14)16-17)21(18,19)15-6-5-9-3-4-11(13)20-9/h3-4,8,15H,2,5-7H2,1H3,(H2,14,16). The predicted octanol–water partition coefficient (Wildman–Crippen LogP) is 2.11. The Balaban J connectivity index is 2.01. The lowest BCUT2D eigenvalue weighted by atomic mass is 10.3. The third-order valence-corrected chi connectivity index (χ3v) is 5.56. The van der Waals surface area contributed by atoms with Crippen LogP contribution in [0.25, 0.3) is 0 Å². The molecule has 0 unspecified atom stereocenters. The molecule has 6 nitrogen and oxygen atoms in total. The van der Waals surface area contributed by atoms with Gasteiger partial charge in [-0.25, -0.2) is 13.1 Å². The van der Waals surface area contributed by atoms with Gasteiger partial charge in [-0.3, -0.25) is 4.68 Å². The van der Waals surface area contributed by atoms with E-state index in [-0.39, 0.29) is 17.3 Å². The van der Waals surface area contributed by atoms with Crippen molar-refractivity contribution in [1.29, 1.82) is 0 Å². The van der Waals surface area contributed by atoms with Crippen LogP contribution in [0.4, 0.5) is 5.82 Å². The molecule has 21 heavy (non-hydrogen) atoms. The molecule has 9 heteroatoms. The van der Waals surface area contributed by atoms with Crippen molar-refractivity contribution in [3.63, 3.8) is 0 Å². The molecule has 0 atom stereocenters. The highest BCUT2D eigenvalue weighted by Crippen LogP contribution is 2.22. The van der Waals surface area contributed by atoms with Crippen LogP contribution in [0.15, 0.2) is 23.2 Å². The molecule has 2 heterocycles. The molecule has 0 radical (unpaired) electrons. The van der Waals surface area contributed by atoms with Crippen molar-refractivity contribution in [2.75, 3.05) is 12.3 Å². The van der Waals surface area contributed by atoms with Crippen LogP contribution in [-0.4, -0.2) is 24.7 Å². The van der Waals surface area contributed by atoms with E-state index in [0.717, 1.165) is 11.3 Å². The predicted molar refractivity (Wildman–Crippen MR) is 85.2 cm³/mol. The van der Waals surface area contributed by atoms with Crippen LogP contribution in [0, 0.1) is 0 Å². The van der Waals surface area contributed by atoms with Crippen molar-refractivity contribution >= 4 is 38.8 Å². The van der Waals surface area contributed by atoms with Crippen molar-refractivity contribution in [2.45, 2.75) is 31.2 Å². The van der Waals surface area contributed by atoms with E-state index in [1.165, 1.54) is 17.5 Å². The molecule has 0 aliphatic rings. The van der Waals surface area contributed by atoms with Crippen LogP contribution in [-0.2, 0) is 23.0 Å². The molecule has 116 valence electrons. The monoisotopic (exact) mass is 348 g/mol. The second kappa shape index (κ2) is 6.78. The summed E-state index contributed by atoms with van der Waals surface area (Å²) in [6, 6.07) is 3.68.